The van der Waals surface area contributed by atoms with Crippen molar-refractivity contribution in [3.05, 3.63) is 12.3 Å². The van der Waals surface area contributed by atoms with Gasteiger partial charge in [0.2, 0.25) is 5.91 Å². The number of anilines is 1. The highest BCUT2D eigenvalue weighted by Crippen LogP contribution is 2.21. The molecule has 1 aromatic rings. The van der Waals surface area contributed by atoms with Crippen molar-refractivity contribution in [3.8, 4) is 0 Å². The Bertz CT molecular complexity index is 583. The van der Waals surface area contributed by atoms with E-state index in [1.54, 1.807) is 11.1 Å². The molecule has 1 aliphatic rings. The quantitative estimate of drug-likeness (QED) is 0.884. The fourth-order valence-electron chi connectivity index (χ4n) is 2.80. The van der Waals surface area contributed by atoms with Crippen molar-refractivity contribution in [2.75, 3.05) is 18.4 Å². The molecule has 0 aliphatic carbocycles. The third kappa shape index (κ3) is 5.76. The SMILES string of the molecule is CCCCn1nccc1NC(=O)C1CCN(C(=O)OC(C)(C)C)CC1. The highest BCUT2D eigenvalue weighted by molar-refractivity contribution is 5.91. The highest BCUT2D eigenvalue weighted by atomic mass is 16.6. The molecule has 1 fully saturated rings. The number of piperidine rings is 1. The van der Waals surface area contributed by atoms with Crippen molar-refractivity contribution in [2.24, 2.45) is 5.92 Å². The Morgan fingerprint density at radius 3 is 2.60 bits per heavy atom. The predicted octanol–water partition coefficient (Wildman–Crippen LogP) is 3.27. The Morgan fingerprint density at radius 1 is 1.32 bits per heavy atom. The fraction of sp³-hybridized carbons (Fsp3) is 0.722. The minimum Gasteiger partial charge on any atom is -0.444 e. The average molecular weight is 350 g/mol. The van der Waals surface area contributed by atoms with Gasteiger partial charge in [-0.3, -0.25) is 4.79 Å². The third-order valence-corrected chi connectivity index (χ3v) is 4.21. The zero-order chi connectivity index (χ0) is 18.4. The van der Waals surface area contributed by atoms with Gasteiger partial charge in [0.15, 0.2) is 0 Å². The van der Waals surface area contributed by atoms with Crippen molar-refractivity contribution < 1.29 is 14.3 Å². The molecular weight excluding hydrogens is 320 g/mol. The maximum absolute atomic E-state index is 12.5. The zero-order valence-corrected chi connectivity index (χ0v) is 15.7. The molecule has 2 rings (SSSR count). The van der Waals surface area contributed by atoms with Gasteiger partial charge in [0.1, 0.15) is 11.4 Å². The Balaban J connectivity index is 1.83. The van der Waals surface area contributed by atoms with Crippen molar-refractivity contribution in [2.45, 2.75) is 65.5 Å². The number of carbonyl (C=O) groups is 2. The Hall–Kier alpha value is -2.05. The van der Waals surface area contributed by atoms with Crippen LogP contribution >= 0.6 is 0 Å². The zero-order valence-electron chi connectivity index (χ0n) is 15.7. The molecule has 1 aromatic heterocycles. The van der Waals surface area contributed by atoms with Crippen LogP contribution in [0.3, 0.4) is 0 Å². The van der Waals surface area contributed by atoms with Gasteiger partial charge < -0.3 is 15.0 Å². The number of amides is 2. The summed E-state index contributed by atoms with van der Waals surface area (Å²) in [7, 11) is 0. The topological polar surface area (TPSA) is 76.5 Å². The summed E-state index contributed by atoms with van der Waals surface area (Å²) in [4.78, 5) is 26.3. The van der Waals surface area contributed by atoms with E-state index in [-0.39, 0.29) is 17.9 Å². The van der Waals surface area contributed by atoms with Gasteiger partial charge in [0.25, 0.3) is 0 Å². The summed E-state index contributed by atoms with van der Waals surface area (Å²) in [5.74, 6) is 0.656. The lowest BCUT2D eigenvalue weighted by atomic mass is 9.96. The van der Waals surface area contributed by atoms with Crippen LogP contribution in [-0.4, -0.2) is 45.4 Å². The molecule has 0 aromatic carbocycles. The number of hydrogen-bond donors (Lipinski definition) is 1. The molecule has 0 atom stereocenters. The second kappa shape index (κ2) is 8.36. The van der Waals surface area contributed by atoms with Crippen molar-refractivity contribution >= 4 is 17.8 Å². The van der Waals surface area contributed by atoms with Gasteiger partial charge in [0, 0.05) is 31.6 Å². The van der Waals surface area contributed by atoms with Crippen molar-refractivity contribution in [1.29, 1.82) is 0 Å². The fourth-order valence-corrected chi connectivity index (χ4v) is 2.80. The molecule has 1 aliphatic heterocycles. The lowest BCUT2D eigenvalue weighted by Gasteiger charge is -2.32. The summed E-state index contributed by atoms with van der Waals surface area (Å²) in [6, 6.07) is 1.82. The predicted molar refractivity (Wildman–Crippen MR) is 96.3 cm³/mol. The van der Waals surface area contributed by atoms with Crippen LogP contribution in [0.1, 0.15) is 53.4 Å². The standard InChI is InChI=1S/C18H30N4O3/c1-5-6-11-22-15(7-10-19-22)20-16(23)14-8-12-21(13-9-14)17(24)25-18(2,3)4/h7,10,14H,5-6,8-9,11-13H2,1-4H3,(H,20,23). The second-order valence-corrected chi connectivity index (χ2v) is 7.52. The van der Waals surface area contributed by atoms with E-state index in [0.717, 1.165) is 25.2 Å². The Morgan fingerprint density at radius 2 is 2.00 bits per heavy atom. The highest BCUT2D eigenvalue weighted by Gasteiger charge is 2.30. The molecule has 0 unspecified atom stereocenters. The number of unbranched alkanes of at least 4 members (excludes halogenated alkanes) is 1. The number of likely N-dealkylation sites (tertiary alicyclic amines) is 1. The minimum absolute atomic E-state index is 0.00193. The number of rotatable bonds is 5. The lowest BCUT2D eigenvalue weighted by molar-refractivity contribution is -0.121. The van der Waals surface area contributed by atoms with Crippen LogP contribution in [0.2, 0.25) is 0 Å². The lowest BCUT2D eigenvalue weighted by Crippen LogP contribution is -2.43. The molecule has 7 nitrogen and oxygen atoms in total. The molecule has 1 saturated heterocycles. The van der Waals surface area contributed by atoms with Gasteiger partial charge in [-0.25, -0.2) is 9.48 Å². The first kappa shape index (κ1) is 19.3. The monoisotopic (exact) mass is 350 g/mol. The molecule has 0 saturated carbocycles. The van der Waals surface area contributed by atoms with E-state index < -0.39 is 5.60 Å². The molecule has 140 valence electrons. The van der Waals surface area contributed by atoms with E-state index >= 15 is 0 Å². The van der Waals surface area contributed by atoms with Gasteiger partial charge in [0.05, 0.1) is 6.20 Å². The number of carbonyl (C=O) groups excluding carboxylic acids is 2. The van der Waals surface area contributed by atoms with Crippen LogP contribution in [-0.2, 0) is 16.1 Å². The van der Waals surface area contributed by atoms with Crippen LogP contribution in [0, 0.1) is 5.92 Å². The molecular formula is C18H30N4O3. The molecule has 0 spiro atoms. The van der Waals surface area contributed by atoms with Gasteiger partial charge in [-0.15, -0.1) is 0 Å². The number of nitrogens with one attached hydrogen (secondary N) is 1. The first-order valence-electron chi connectivity index (χ1n) is 9.10. The molecule has 0 bridgehead atoms. The van der Waals surface area contributed by atoms with E-state index in [1.165, 1.54) is 0 Å². The van der Waals surface area contributed by atoms with Gasteiger partial charge >= 0.3 is 6.09 Å². The van der Waals surface area contributed by atoms with E-state index in [2.05, 4.69) is 17.3 Å². The summed E-state index contributed by atoms with van der Waals surface area (Å²) < 4.78 is 7.22. The molecule has 2 heterocycles. The number of hydrogen-bond acceptors (Lipinski definition) is 4. The van der Waals surface area contributed by atoms with Crippen molar-refractivity contribution in [1.82, 2.24) is 14.7 Å². The van der Waals surface area contributed by atoms with Crippen LogP contribution in [0.4, 0.5) is 10.6 Å². The summed E-state index contributed by atoms with van der Waals surface area (Å²) in [5.41, 5.74) is -0.498. The van der Waals surface area contributed by atoms with Crippen LogP contribution in [0.5, 0.6) is 0 Å². The summed E-state index contributed by atoms with van der Waals surface area (Å²) in [6.07, 6.45) is 4.80. The van der Waals surface area contributed by atoms with Gasteiger partial charge in [-0.1, -0.05) is 13.3 Å². The molecule has 0 radical (unpaired) electrons. The summed E-state index contributed by atoms with van der Waals surface area (Å²) in [5, 5.41) is 7.23. The van der Waals surface area contributed by atoms with Crippen LogP contribution in [0.15, 0.2) is 12.3 Å². The number of aromatic nitrogens is 2. The van der Waals surface area contributed by atoms with E-state index in [9.17, 15) is 9.59 Å². The van der Waals surface area contributed by atoms with Gasteiger partial charge in [-0.05, 0) is 40.0 Å². The molecule has 2 amide bonds. The first-order chi connectivity index (χ1) is 11.8. The number of aryl methyl sites for hydroxylation is 1. The van der Waals surface area contributed by atoms with Gasteiger partial charge in [-0.2, -0.15) is 5.10 Å². The smallest absolute Gasteiger partial charge is 0.410 e. The number of nitrogens with zero attached hydrogens (tertiary/aromatic N) is 3. The maximum Gasteiger partial charge on any atom is 0.410 e. The van der Waals surface area contributed by atoms with Crippen LogP contribution < -0.4 is 5.32 Å². The average Bonchev–Trinajstić information content (AvgIpc) is 2.98. The Labute approximate surface area is 149 Å². The largest absolute Gasteiger partial charge is 0.444 e. The van der Waals surface area contributed by atoms with E-state index in [1.807, 2.05) is 31.5 Å². The maximum atomic E-state index is 12.5. The minimum atomic E-state index is -0.498. The van der Waals surface area contributed by atoms with E-state index in [4.69, 9.17) is 4.74 Å². The summed E-state index contributed by atoms with van der Waals surface area (Å²) in [6.45, 7) is 9.58. The van der Waals surface area contributed by atoms with Crippen LogP contribution in [0.25, 0.3) is 0 Å². The molecule has 1 N–H and O–H groups in total. The Kier molecular flexibility index (Phi) is 6.45. The number of ether oxygens (including phenoxy) is 1. The second-order valence-electron chi connectivity index (χ2n) is 7.52. The van der Waals surface area contributed by atoms with Crippen molar-refractivity contribution in [3.63, 3.8) is 0 Å². The first-order valence-corrected chi connectivity index (χ1v) is 9.10. The normalized spacial score (nSPS) is 15.9. The molecule has 7 heteroatoms. The molecule has 25 heavy (non-hydrogen) atoms. The van der Waals surface area contributed by atoms with E-state index in [0.29, 0.717) is 25.9 Å². The summed E-state index contributed by atoms with van der Waals surface area (Å²) >= 11 is 0. The third-order valence-electron chi connectivity index (χ3n) is 4.21.